The van der Waals surface area contributed by atoms with E-state index in [0.717, 1.165) is 15.4 Å². The Balaban J connectivity index is 2.79. The van der Waals surface area contributed by atoms with Crippen LogP contribution in [0, 0.1) is 6.92 Å². The lowest BCUT2D eigenvalue weighted by Gasteiger charge is -1.94. The molecule has 3 nitrogen and oxygen atoms in total. The Morgan fingerprint density at radius 3 is 3.00 bits per heavy atom. The van der Waals surface area contributed by atoms with Gasteiger partial charge in [-0.15, -0.1) is 11.3 Å². The molecule has 4 heteroatoms. The zero-order chi connectivity index (χ0) is 9.84. The highest BCUT2D eigenvalue weighted by atomic mass is 32.1. The molecular formula is C9H12N2OS. The lowest BCUT2D eigenvalue weighted by molar-refractivity contribution is -0.111. The van der Waals surface area contributed by atoms with Crippen LogP contribution in [0.3, 0.4) is 0 Å². The van der Waals surface area contributed by atoms with Gasteiger partial charge >= 0.3 is 0 Å². The summed E-state index contributed by atoms with van der Waals surface area (Å²) in [4.78, 5) is 12.0. The summed E-state index contributed by atoms with van der Waals surface area (Å²) in [7, 11) is 0. The number of rotatable bonds is 3. The molecule has 0 unspecified atom stereocenters. The van der Waals surface area contributed by atoms with E-state index in [4.69, 9.17) is 5.73 Å². The molecule has 0 aromatic carbocycles. The smallest absolute Gasteiger partial charge is 0.248 e. The van der Waals surface area contributed by atoms with Gasteiger partial charge in [-0.05, 0) is 24.6 Å². The van der Waals surface area contributed by atoms with Gasteiger partial charge in [0.25, 0.3) is 0 Å². The first-order valence-electron chi connectivity index (χ1n) is 3.90. The second-order valence-corrected chi connectivity index (χ2v) is 3.75. The topological polar surface area (TPSA) is 55.1 Å². The van der Waals surface area contributed by atoms with Crippen molar-refractivity contribution in [3.63, 3.8) is 0 Å². The van der Waals surface area contributed by atoms with Gasteiger partial charge in [0.05, 0.1) is 5.00 Å². The number of amides is 1. The molecule has 1 aromatic rings. The number of anilines is 1. The zero-order valence-corrected chi connectivity index (χ0v) is 8.28. The van der Waals surface area contributed by atoms with Crippen molar-refractivity contribution in [3.8, 4) is 0 Å². The van der Waals surface area contributed by atoms with E-state index in [-0.39, 0.29) is 5.91 Å². The van der Waals surface area contributed by atoms with E-state index in [0.29, 0.717) is 6.54 Å². The Labute approximate surface area is 81.3 Å². The molecule has 0 saturated carbocycles. The van der Waals surface area contributed by atoms with Crippen molar-refractivity contribution >= 4 is 22.2 Å². The number of hydrogen-bond donors (Lipinski definition) is 2. The SMILES string of the molecule is C=CC(=O)Nc1cc(C)c(CN)s1. The van der Waals surface area contributed by atoms with Crippen molar-refractivity contribution in [2.24, 2.45) is 5.73 Å². The Hall–Kier alpha value is -1.13. The summed E-state index contributed by atoms with van der Waals surface area (Å²) in [5, 5.41) is 3.52. The summed E-state index contributed by atoms with van der Waals surface area (Å²) >= 11 is 1.50. The molecule has 0 aliphatic rings. The molecule has 0 aliphatic heterocycles. The summed E-state index contributed by atoms with van der Waals surface area (Å²) in [5.41, 5.74) is 6.62. The van der Waals surface area contributed by atoms with Crippen molar-refractivity contribution in [2.45, 2.75) is 13.5 Å². The Morgan fingerprint density at radius 2 is 2.54 bits per heavy atom. The van der Waals surface area contributed by atoms with Gasteiger partial charge in [0, 0.05) is 11.4 Å². The summed E-state index contributed by atoms with van der Waals surface area (Å²) < 4.78 is 0. The molecule has 0 atom stereocenters. The van der Waals surface area contributed by atoms with E-state index in [1.165, 1.54) is 17.4 Å². The molecule has 70 valence electrons. The van der Waals surface area contributed by atoms with Gasteiger partial charge in [-0.3, -0.25) is 4.79 Å². The molecule has 0 bridgehead atoms. The fourth-order valence-electron chi connectivity index (χ4n) is 0.957. The first-order valence-corrected chi connectivity index (χ1v) is 4.71. The second kappa shape index (κ2) is 4.20. The minimum absolute atomic E-state index is 0.190. The molecule has 0 aliphatic carbocycles. The van der Waals surface area contributed by atoms with Crippen molar-refractivity contribution in [3.05, 3.63) is 29.2 Å². The van der Waals surface area contributed by atoms with Gasteiger partial charge in [0.1, 0.15) is 0 Å². The van der Waals surface area contributed by atoms with Gasteiger partial charge in [-0.25, -0.2) is 0 Å². The van der Waals surface area contributed by atoms with E-state index < -0.39 is 0 Å². The molecule has 0 fully saturated rings. The maximum absolute atomic E-state index is 10.9. The largest absolute Gasteiger partial charge is 0.326 e. The van der Waals surface area contributed by atoms with E-state index in [1.54, 1.807) is 0 Å². The Bertz CT molecular complexity index is 330. The summed E-state index contributed by atoms with van der Waals surface area (Å²) in [6.07, 6.45) is 1.25. The lowest BCUT2D eigenvalue weighted by atomic mass is 10.3. The average Bonchev–Trinajstić information content (AvgIpc) is 2.46. The molecule has 1 amide bonds. The molecular weight excluding hydrogens is 184 g/mol. The summed E-state index contributed by atoms with van der Waals surface area (Å²) in [5.74, 6) is -0.190. The highest BCUT2D eigenvalue weighted by Crippen LogP contribution is 2.25. The van der Waals surface area contributed by atoms with Gasteiger partial charge < -0.3 is 11.1 Å². The Morgan fingerprint density at radius 1 is 1.85 bits per heavy atom. The predicted molar refractivity (Wildman–Crippen MR) is 55.8 cm³/mol. The van der Waals surface area contributed by atoms with Crippen molar-refractivity contribution in [2.75, 3.05) is 5.32 Å². The fourth-order valence-corrected chi connectivity index (χ4v) is 1.91. The van der Waals surface area contributed by atoms with Crippen LogP contribution >= 0.6 is 11.3 Å². The number of hydrogen-bond acceptors (Lipinski definition) is 3. The number of aryl methyl sites for hydroxylation is 1. The predicted octanol–water partition coefficient (Wildman–Crippen LogP) is 1.64. The van der Waals surface area contributed by atoms with Gasteiger partial charge in [-0.2, -0.15) is 0 Å². The van der Waals surface area contributed by atoms with E-state index >= 15 is 0 Å². The molecule has 13 heavy (non-hydrogen) atoms. The lowest BCUT2D eigenvalue weighted by Crippen LogP contribution is -2.05. The number of nitrogens with two attached hydrogens (primary N) is 1. The van der Waals surface area contributed by atoms with Crippen LogP contribution in [-0.4, -0.2) is 5.91 Å². The molecule has 0 saturated heterocycles. The first-order chi connectivity index (χ1) is 6.17. The van der Waals surface area contributed by atoms with Gasteiger partial charge in [0.15, 0.2) is 0 Å². The first kappa shape index (κ1) is 9.95. The quantitative estimate of drug-likeness (QED) is 0.722. The van der Waals surface area contributed by atoms with E-state index in [2.05, 4.69) is 11.9 Å². The van der Waals surface area contributed by atoms with Crippen LogP contribution in [0.2, 0.25) is 0 Å². The minimum atomic E-state index is -0.190. The maximum atomic E-state index is 10.9. The van der Waals surface area contributed by atoms with Crippen LogP contribution in [0.25, 0.3) is 0 Å². The highest BCUT2D eigenvalue weighted by Gasteiger charge is 2.04. The van der Waals surface area contributed by atoms with Crippen molar-refractivity contribution in [1.82, 2.24) is 0 Å². The van der Waals surface area contributed by atoms with Crippen LogP contribution in [0.5, 0.6) is 0 Å². The van der Waals surface area contributed by atoms with Gasteiger partial charge in [0.2, 0.25) is 5.91 Å². The number of carbonyl (C=O) groups excluding carboxylic acids is 1. The number of carbonyl (C=O) groups is 1. The van der Waals surface area contributed by atoms with Crippen molar-refractivity contribution in [1.29, 1.82) is 0 Å². The van der Waals surface area contributed by atoms with Crippen LogP contribution in [0.15, 0.2) is 18.7 Å². The standard InChI is InChI=1S/C9H12N2OS/c1-3-8(12)11-9-4-6(2)7(5-10)13-9/h3-4H,1,5,10H2,2H3,(H,11,12). The zero-order valence-electron chi connectivity index (χ0n) is 7.46. The van der Waals surface area contributed by atoms with Crippen molar-refractivity contribution < 1.29 is 4.79 Å². The van der Waals surface area contributed by atoms with E-state index in [9.17, 15) is 4.79 Å². The minimum Gasteiger partial charge on any atom is -0.326 e. The van der Waals surface area contributed by atoms with Gasteiger partial charge in [-0.1, -0.05) is 6.58 Å². The van der Waals surface area contributed by atoms with Crippen LogP contribution in [-0.2, 0) is 11.3 Å². The second-order valence-electron chi connectivity index (χ2n) is 2.61. The highest BCUT2D eigenvalue weighted by molar-refractivity contribution is 7.16. The molecule has 3 N–H and O–H groups in total. The molecule has 1 heterocycles. The fraction of sp³-hybridized carbons (Fsp3) is 0.222. The number of nitrogens with one attached hydrogen (secondary N) is 1. The molecule has 1 aromatic heterocycles. The molecule has 1 rings (SSSR count). The third kappa shape index (κ3) is 2.40. The molecule has 0 spiro atoms. The third-order valence-corrected chi connectivity index (χ3v) is 2.81. The number of thiophene rings is 1. The van der Waals surface area contributed by atoms with Crippen LogP contribution in [0.1, 0.15) is 10.4 Å². The summed E-state index contributed by atoms with van der Waals surface area (Å²) in [6, 6.07) is 1.91. The van der Waals surface area contributed by atoms with Crippen LogP contribution < -0.4 is 11.1 Å². The van der Waals surface area contributed by atoms with E-state index in [1.807, 2.05) is 13.0 Å². The monoisotopic (exact) mass is 196 g/mol. The Kier molecular flexibility index (Phi) is 3.22. The third-order valence-electron chi connectivity index (χ3n) is 1.64. The van der Waals surface area contributed by atoms with Crippen LogP contribution in [0.4, 0.5) is 5.00 Å². The maximum Gasteiger partial charge on any atom is 0.248 e. The normalized spacial score (nSPS) is 9.69. The summed E-state index contributed by atoms with van der Waals surface area (Å²) in [6.45, 7) is 5.86. The molecule has 0 radical (unpaired) electrons. The average molecular weight is 196 g/mol.